The number of ether oxygens (including phenoxy) is 1. The molecule has 0 bridgehead atoms. The van der Waals surface area contributed by atoms with Gasteiger partial charge in [-0.25, -0.2) is 14.2 Å². The Labute approximate surface area is 186 Å². The van der Waals surface area contributed by atoms with E-state index in [1.807, 2.05) is 30.3 Å². The van der Waals surface area contributed by atoms with Gasteiger partial charge in [0, 0.05) is 24.9 Å². The third-order valence-corrected chi connectivity index (χ3v) is 6.23. The van der Waals surface area contributed by atoms with Gasteiger partial charge in [0.15, 0.2) is 0 Å². The minimum Gasteiger partial charge on any atom is -0.490 e. The highest BCUT2D eigenvalue weighted by Crippen LogP contribution is 2.43. The Balaban J connectivity index is 1.67. The molecule has 0 spiro atoms. The molecule has 0 aliphatic carbocycles. The summed E-state index contributed by atoms with van der Waals surface area (Å²) in [5.74, 6) is -0.925. The van der Waals surface area contributed by atoms with Crippen molar-refractivity contribution in [3.63, 3.8) is 0 Å². The van der Waals surface area contributed by atoms with Crippen LogP contribution in [0.15, 0.2) is 65.7 Å². The Bertz CT molecular complexity index is 1590. The van der Waals surface area contributed by atoms with E-state index in [1.54, 1.807) is 22.4 Å². The molecular weight excluding hydrogens is 426 g/mol. The lowest BCUT2D eigenvalue weighted by Crippen LogP contribution is -2.30. The molecule has 3 aromatic heterocycles. The molecule has 0 N–H and O–H groups in total. The molecule has 6 rings (SSSR count). The van der Waals surface area contributed by atoms with Gasteiger partial charge in [0.05, 0.1) is 39.7 Å². The topological polar surface area (TPSA) is 61.9 Å². The summed E-state index contributed by atoms with van der Waals surface area (Å²) < 4.78 is 38.3. The fourth-order valence-electron chi connectivity index (χ4n) is 4.68. The van der Waals surface area contributed by atoms with Crippen molar-refractivity contribution in [3.05, 3.63) is 88.7 Å². The number of imidazole rings is 1. The molecule has 33 heavy (non-hydrogen) atoms. The van der Waals surface area contributed by atoms with E-state index < -0.39 is 11.8 Å². The van der Waals surface area contributed by atoms with Gasteiger partial charge in [0.1, 0.15) is 18.2 Å². The van der Waals surface area contributed by atoms with Crippen LogP contribution in [0.1, 0.15) is 11.6 Å². The normalized spacial score (nSPS) is 15.2. The van der Waals surface area contributed by atoms with Gasteiger partial charge in [-0.15, -0.1) is 0 Å². The van der Waals surface area contributed by atoms with Crippen LogP contribution >= 0.6 is 0 Å². The predicted molar refractivity (Wildman–Crippen MR) is 120 cm³/mol. The average molecular weight is 444 g/mol. The van der Waals surface area contributed by atoms with E-state index in [1.165, 1.54) is 24.4 Å². The van der Waals surface area contributed by atoms with Crippen LogP contribution in [0.2, 0.25) is 0 Å². The van der Waals surface area contributed by atoms with Crippen molar-refractivity contribution in [1.82, 2.24) is 19.1 Å². The molecule has 0 fully saturated rings. The van der Waals surface area contributed by atoms with Gasteiger partial charge < -0.3 is 4.74 Å². The number of benzene rings is 2. The highest BCUT2D eigenvalue weighted by Gasteiger charge is 2.30. The summed E-state index contributed by atoms with van der Waals surface area (Å²) in [6.45, 7) is 0.156. The third-order valence-electron chi connectivity index (χ3n) is 6.23. The quantitative estimate of drug-likeness (QED) is 0.387. The van der Waals surface area contributed by atoms with Gasteiger partial charge in [-0.05, 0) is 24.1 Å². The van der Waals surface area contributed by atoms with Crippen LogP contribution < -0.4 is 10.4 Å². The zero-order chi connectivity index (χ0) is 22.7. The molecule has 0 unspecified atom stereocenters. The summed E-state index contributed by atoms with van der Waals surface area (Å²) in [5.41, 5.74) is 3.09. The molecule has 0 saturated carbocycles. The van der Waals surface area contributed by atoms with E-state index in [0.29, 0.717) is 33.9 Å². The largest absolute Gasteiger partial charge is 0.490 e. The maximum absolute atomic E-state index is 15.3. The minimum absolute atomic E-state index is 0.156. The van der Waals surface area contributed by atoms with E-state index >= 15 is 4.39 Å². The van der Waals surface area contributed by atoms with Gasteiger partial charge in [-0.1, -0.05) is 30.3 Å². The fraction of sp³-hybridized carbons (Fsp3) is 0.160. The Morgan fingerprint density at radius 1 is 1.09 bits per heavy atom. The highest BCUT2D eigenvalue weighted by atomic mass is 19.1. The van der Waals surface area contributed by atoms with E-state index in [2.05, 4.69) is 9.97 Å². The number of hydrogen-bond acceptors (Lipinski definition) is 4. The van der Waals surface area contributed by atoms with Crippen LogP contribution in [0.4, 0.5) is 8.78 Å². The first kappa shape index (κ1) is 19.6. The standard InChI is InChI=1S/C25H18F2N4O2/c1-30-19-12-28-18-10-17(26)21(15-7-8-20(27)29-11-15)24-22(18)23(19)31(25(30)32)16(13-33-24)9-14-5-3-2-4-6-14/h2-8,10-12,16H,9,13H2,1H3/t16-/m0/s1. The van der Waals surface area contributed by atoms with Gasteiger partial charge >= 0.3 is 5.69 Å². The Morgan fingerprint density at radius 2 is 1.91 bits per heavy atom. The molecule has 2 aromatic carbocycles. The maximum atomic E-state index is 15.3. The van der Waals surface area contributed by atoms with E-state index in [0.717, 1.165) is 5.56 Å². The molecule has 1 aliphatic rings. The lowest BCUT2D eigenvalue weighted by molar-refractivity contribution is 0.255. The molecule has 1 aliphatic heterocycles. The van der Waals surface area contributed by atoms with Gasteiger partial charge in [-0.2, -0.15) is 4.39 Å². The lowest BCUT2D eigenvalue weighted by atomic mass is 10.0. The SMILES string of the molecule is Cn1c(=O)n2c3c4c(c(-c5ccc(F)nc5)c(F)cc4ncc31)OC[C@@H]2Cc1ccccc1. The van der Waals surface area contributed by atoms with E-state index in [-0.39, 0.29) is 29.7 Å². The molecule has 0 saturated heterocycles. The van der Waals surface area contributed by atoms with Crippen molar-refractivity contribution >= 4 is 21.9 Å². The Kier molecular flexibility index (Phi) is 4.29. The predicted octanol–water partition coefficient (Wildman–Crippen LogP) is 4.40. The summed E-state index contributed by atoms with van der Waals surface area (Å²) in [6.07, 6.45) is 3.42. The number of nitrogens with zero attached hydrogens (tertiary/aromatic N) is 4. The van der Waals surface area contributed by atoms with Crippen molar-refractivity contribution in [3.8, 4) is 16.9 Å². The first-order chi connectivity index (χ1) is 16.0. The van der Waals surface area contributed by atoms with Gasteiger partial charge in [-0.3, -0.25) is 14.1 Å². The number of pyridine rings is 2. The molecule has 4 heterocycles. The zero-order valence-electron chi connectivity index (χ0n) is 17.6. The summed E-state index contributed by atoms with van der Waals surface area (Å²) in [7, 11) is 1.70. The number of halogens is 2. The van der Waals surface area contributed by atoms with E-state index in [4.69, 9.17) is 4.74 Å². The van der Waals surface area contributed by atoms with Crippen LogP contribution in [0.5, 0.6) is 5.75 Å². The summed E-state index contributed by atoms with van der Waals surface area (Å²) in [6, 6.07) is 13.5. The first-order valence-corrected chi connectivity index (χ1v) is 10.5. The zero-order valence-corrected chi connectivity index (χ0v) is 17.6. The second-order valence-corrected chi connectivity index (χ2v) is 8.18. The van der Waals surface area contributed by atoms with Crippen molar-refractivity contribution in [1.29, 1.82) is 0 Å². The lowest BCUT2D eigenvalue weighted by Gasteiger charge is -2.18. The summed E-state index contributed by atoms with van der Waals surface area (Å²) in [5, 5.41) is 0.557. The van der Waals surface area contributed by atoms with Crippen LogP contribution in [0.3, 0.4) is 0 Å². The number of hydrogen-bond donors (Lipinski definition) is 0. The van der Waals surface area contributed by atoms with Crippen molar-refractivity contribution in [2.75, 3.05) is 6.61 Å². The van der Waals surface area contributed by atoms with Crippen LogP contribution in [-0.4, -0.2) is 25.7 Å². The number of rotatable bonds is 3. The molecular formula is C25H18F2N4O2. The fourth-order valence-corrected chi connectivity index (χ4v) is 4.68. The first-order valence-electron chi connectivity index (χ1n) is 10.5. The van der Waals surface area contributed by atoms with Crippen LogP contribution in [0.25, 0.3) is 33.1 Å². The molecule has 0 radical (unpaired) electrons. The molecule has 6 nitrogen and oxygen atoms in total. The summed E-state index contributed by atoms with van der Waals surface area (Å²) >= 11 is 0. The second-order valence-electron chi connectivity index (χ2n) is 8.18. The monoisotopic (exact) mass is 444 g/mol. The summed E-state index contributed by atoms with van der Waals surface area (Å²) in [4.78, 5) is 21.4. The molecule has 8 heteroatoms. The molecule has 5 aromatic rings. The molecule has 1 atom stereocenters. The Morgan fingerprint density at radius 3 is 2.67 bits per heavy atom. The minimum atomic E-state index is -0.657. The third kappa shape index (κ3) is 2.94. The number of aryl methyl sites for hydroxylation is 1. The van der Waals surface area contributed by atoms with Crippen molar-refractivity contribution in [2.24, 2.45) is 7.05 Å². The van der Waals surface area contributed by atoms with Crippen molar-refractivity contribution < 1.29 is 13.5 Å². The van der Waals surface area contributed by atoms with E-state index in [9.17, 15) is 9.18 Å². The Hall–Kier alpha value is -4.07. The molecule has 0 amide bonds. The van der Waals surface area contributed by atoms with Gasteiger partial charge in [0.25, 0.3) is 0 Å². The number of aromatic nitrogens is 4. The van der Waals surface area contributed by atoms with Gasteiger partial charge in [0.2, 0.25) is 5.95 Å². The second kappa shape index (κ2) is 7.23. The van der Waals surface area contributed by atoms with Crippen LogP contribution in [0, 0.1) is 11.8 Å². The van der Waals surface area contributed by atoms with Crippen molar-refractivity contribution in [2.45, 2.75) is 12.5 Å². The van der Waals surface area contributed by atoms with Crippen LogP contribution in [-0.2, 0) is 13.5 Å². The molecule has 164 valence electrons. The smallest absolute Gasteiger partial charge is 0.329 e. The maximum Gasteiger partial charge on any atom is 0.329 e. The highest BCUT2D eigenvalue weighted by molar-refractivity contribution is 6.09. The average Bonchev–Trinajstić information content (AvgIpc) is 2.96.